The molecule has 0 saturated carbocycles. The number of rotatable bonds is 6. The summed E-state index contributed by atoms with van der Waals surface area (Å²) in [6.07, 6.45) is -1.55. The molecule has 28 heavy (non-hydrogen) atoms. The molecule has 1 aromatic heterocycles. The highest BCUT2D eigenvalue weighted by atomic mass is 32.2. The quantitative estimate of drug-likeness (QED) is 0.189. The predicted octanol–water partition coefficient (Wildman–Crippen LogP) is 2.55. The molecule has 6 nitrogen and oxygen atoms in total. The number of benzene rings is 1. The van der Waals surface area contributed by atoms with Crippen molar-refractivity contribution < 1.29 is 22.2 Å². The molecule has 2 aromatic rings. The fraction of sp³-hybridized carbons (Fsp3) is 0.278. The molecule has 0 aliphatic carbocycles. The Morgan fingerprint density at radius 3 is 2.50 bits per heavy atom. The van der Waals surface area contributed by atoms with Crippen molar-refractivity contribution in [1.29, 1.82) is 0 Å². The van der Waals surface area contributed by atoms with Crippen LogP contribution in [0.25, 0.3) is 0 Å². The highest BCUT2D eigenvalue weighted by Gasteiger charge is 2.32. The fourth-order valence-electron chi connectivity index (χ4n) is 2.20. The standard InChI is InChI=1S/C18H21F3N4O2S/c1-13(15-8-9-16(23-12-15)18(19,20)21)28(2,26)25-17(22)24-27-11-10-14-6-4-3-5-7-14/h3-9,12H,10-11H2,1-2H3,(H3,22,24,25,26). The van der Waals surface area contributed by atoms with Crippen molar-refractivity contribution in [3.8, 4) is 0 Å². The average Bonchev–Trinajstić information content (AvgIpc) is 2.64. The maximum atomic E-state index is 12.8. The van der Waals surface area contributed by atoms with Gasteiger partial charge >= 0.3 is 6.18 Å². The molecule has 0 spiro atoms. The lowest BCUT2D eigenvalue weighted by Gasteiger charge is -2.10. The highest BCUT2D eigenvalue weighted by molar-refractivity contribution is 8.01. The molecule has 152 valence electrons. The van der Waals surface area contributed by atoms with Crippen LogP contribution in [0.2, 0.25) is 0 Å². The van der Waals surface area contributed by atoms with Crippen LogP contribution in [0.5, 0.6) is 0 Å². The summed E-state index contributed by atoms with van der Waals surface area (Å²) in [6.45, 7) is 1.82. The zero-order valence-corrected chi connectivity index (χ0v) is 16.2. The summed E-state index contributed by atoms with van der Waals surface area (Å²) in [7, 11) is -2.98. The van der Waals surface area contributed by atoms with Gasteiger partial charge in [-0.05, 0) is 25.0 Å². The van der Waals surface area contributed by atoms with Crippen molar-refractivity contribution in [3.63, 3.8) is 0 Å². The van der Waals surface area contributed by atoms with E-state index in [4.69, 9.17) is 10.6 Å². The zero-order chi connectivity index (χ0) is 20.8. The zero-order valence-electron chi connectivity index (χ0n) is 15.4. The minimum atomic E-state index is -4.54. The van der Waals surface area contributed by atoms with E-state index in [2.05, 4.69) is 14.9 Å². The van der Waals surface area contributed by atoms with Crippen LogP contribution in [0, 0.1) is 0 Å². The summed E-state index contributed by atoms with van der Waals surface area (Å²) in [5, 5.41) is 0. The van der Waals surface area contributed by atoms with Gasteiger partial charge in [-0.1, -0.05) is 36.4 Å². The lowest BCUT2D eigenvalue weighted by atomic mass is 10.2. The average molecular weight is 414 g/mol. The van der Waals surface area contributed by atoms with E-state index in [-0.39, 0.29) is 16.4 Å². The van der Waals surface area contributed by atoms with Crippen molar-refractivity contribution >= 4 is 20.5 Å². The fourth-order valence-corrected chi connectivity index (χ4v) is 3.31. The third kappa shape index (κ3) is 6.24. The van der Waals surface area contributed by atoms with E-state index in [0.29, 0.717) is 13.0 Å². The van der Waals surface area contributed by atoms with Gasteiger partial charge < -0.3 is 5.73 Å². The number of pyridine rings is 1. The maximum absolute atomic E-state index is 12.8. The van der Waals surface area contributed by atoms with Crippen LogP contribution in [-0.4, -0.2) is 32.9 Å². The second kappa shape index (κ2) is 9.07. The number of hydroxylamine groups is 1. The number of nitrogens with two attached hydrogens (primary N) is 1. The second-order valence-electron chi connectivity index (χ2n) is 5.95. The first-order valence-electron chi connectivity index (χ1n) is 8.23. The van der Waals surface area contributed by atoms with Crippen LogP contribution in [0.15, 0.2) is 53.1 Å². The summed E-state index contributed by atoms with van der Waals surface area (Å²) in [6, 6.07) is 11.7. The Hall–Kier alpha value is -2.59. The molecule has 2 rings (SSSR count). The van der Waals surface area contributed by atoms with Gasteiger partial charge in [0.25, 0.3) is 0 Å². The summed E-state index contributed by atoms with van der Waals surface area (Å²) in [5.74, 6) is -0.195. The smallest absolute Gasteiger partial charge is 0.367 e. The number of aromatic nitrogens is 1. The monoisotopic (exact) mass is 414 g/mol. The minimum absolute atomic E-state index is 0.195. The maximum Gasteiger partial charge on any atom is 0.433 e. The van der Waals surface area contributed by atoms with Gasteiger partial charge in [0.05, 0.1) is 16.3 Å². The van der Waals surface area contributed by atoms with Gasteiger partial charge in [-0.15, -0.1) is 0 Å². The molecule has 0 amide bonds. The highest BCUT2D eigenvalue weighted by Crippen LogP contribution is 2.27. The van der Waals surface area contributed by atoms with Gasteiger partial charge in [0.1, 0.15) is 5.69 Å². The summed E-state index contributed by atoms with van der Waals surface area (Å²) in [5.41, 5.74) is 8.44. The Labute approximate surface area is 161 Å². The predicted molar refractivity (Wildman–Crippen MR) is 104 cm³/mol. The number of hydrogen-bond acceptors (Lipinski definition) is 3. The number of alkyl halides is 3. The van der Waals surface area contributed by atoms with Gasteiger partial charge in [0.2, 0.25) is 5.96 Å². The minimum Gasteiger partial charge on any atom is -0.367 e. The summed E-state index contributed by atoms with van der Waals surface area (Å²) in [4.78, 5) is 8.82. The molecule has 1 unspecified atom stereocenters. The van der Waals surface area contributed by atoms with Crippen LogP contribution >= 0.6 is 0 Å². The van der Waals surface area contributed by atoms with E-state index in [1.165, 1.54) is 19.2 Å². The van der Waals surface area contributed by atoms with E-state index in [9.17, 15) is 17.4 Å². The topological polar surface area (TPSA) is 89.6 Å². The molecular formula is C18H21F3N4O2S. The van der Waals surface area contributed by atoms with E-state index in [1.54, 1.807) is 0 Å². The molecule has 0 radical (unpaired) electrons. The molecule has 0 aliphatic heterocycles. The number of nitrogens with zero attached hydrogens (tertiary/aromatic N) is 2. The Bertz CT molecular complexity index is 936. The van der Waals surface area contributed by atoms with Gasteiger partial charge in [-0.2, -0.15) is 17.6 Å². The molecule has 3 N–H and O–H groups in total. The van der Waals surface area contributed by atoms with E-state index in [1.807, 2.05) is 30.3 Å². The first-order chi connectivity index (χ1) is 13.1. The lowest BCUT2D eigenvalue weighted by molar-refractivity contribution is -0.141. The van der Waals surface area contributed by atoms with Crippen molar-refractivity contribution in [1.82, 2.24) is 10.5 Å². The molecule has 0 aliphatic rings. The first kappa shape index (κ1) is 21.7. The largest absolute Gasteiger partial charge is 0.433 e. The van der Waals surface area contributed by atoms with E-state index in [0.717, 1.165) is 17.8 Å². The Balaban J connectivity index is 2.03. The van der Waals surface area contributed by atoms with Gasteiger partial charge in [-0.25, -0.2) is 9.69 Å². The molecular weight excluding hydrogens is 393 g/mol. The van der Waals surface area contributed by atoms with Crippen molar-refractivity contribution in [2.24, 2.45) is 10.1 Å². The number of nitrogens with one attached hydrogen (secondary N) is 1. The normalized spacial score (nSPS) is 14.4. The van der Waals surface area contributed by atoms with Crippen LogP contribution < -0.4 is 11.2 Å². The van der Waals surface area contributed by atoms with Crippen LogP contribution in [0.3, 0.4) is 0 Å². The Morgan fingerprint density at radius 1 is 1.25 bits per heavy atom. The number of guanidine groups is 1. The summed E-state index contributed by atoms with van der Waals surface area (Å²) < 4.78 is 54.5. The van der Waals surface area contributed by atoms with Crippen LogP contribution in [0.1, 0.15) is 23.7 Å². The number of halogens is 3. The Morgan fingerprint density at radius 2 is 1.93 bits per heavy atom. The molecule has 0 fully saturated rings. The Kier molecular flexibility index (Phi) is 7.03. The van der Waals surface area contributed by atoms with Crippen LogP contribution in [-0.2, 0) is 27.1 Å². The first-order valence-corrected chi connectivity index (χ1v) is 10.2. The van der Waals surface area contributed by atoms with Crippen molar-refractivity contribution in [2.75, 3.05) is 12.9 Å². The van der Waals surface area contributed by atoms with E-state index >= 15 is 0 Å². The second-order valence-corrected chi connectivity index (χ2v) is 8.35. The molecule has 1 atom stereocenters. The molecule has 1 aromatic carbocycles. The third-order valence-corrected chi connectivity index (χ3v) is 5.73. The van der Waals surface area contributed by atoms with Gasteiger partial charge in [-0.3, -0.25) is 9.82 Å². The van der Waals surface area contributed by atoms with E-state index < -0.39 is 21.6 Å². The SMILES string of the molecule is CC(c1ccc(C(F)(F)F)nc1)=S(C)(=O)N=C(N)NOCCc1ccccc1. The number of hydrogen-bond donors (Lipinski definition) is 2. The van der Waals surface area contributed by atoms with Gasteiger partial charge in [0, 0.05) is 22.9 Å². The molecule has 1 heterocycles. The van der Waals surface area contributed by atoms with Crippen molar-refractivity contribution in [2.45, 2.75) is 19.5 Å². The lowest BCUT2D eigenvalue weighted by Crippen LogP contribution is -2.33. The summed E-state index contributed by atoms with van der Waals surface area (Å²) >= 11 is 0. The molecule has 10 heteroatoms. The molecule has 0 bridgehead atoms. The van der Waals surface area contributed by atoms with Crippen LogP contribution in [0.4, 0.5) is 13.2 Å². The van der Waals surface area contributed by atoms with Crippen molar-refractivity contribution in [3.05, 3.63) is 65.5 Å². The molecule has 0 saturated heterocycles. The third-order valence-electron chi connectivity index (χ3n) is 3.81. The van der Waals surface area contributed by atoms with Gasteiger partial charge in [0.15, 0.2) is 0 Å².